The smallest absolute Gasteiger partial charge is 0.240 e. The van der Waals surface area contributed by atoms with Crippen LogP contribution in [0.25, 0.3) is 0 Å². The monoisotopic (exact) mass is 297 g/mol. The summed E-state index contributed by atoms with van der Waals surface area (Å²) >= 11 is 0. The number of sulfonamides is 1. The molecule has 0 radical (unpaired) electrons. The van der Waals surface area contributed by atoms with Gasteiger partial charge in [0.1, 0.15) is 0 Å². The first-order valence-corrected chi connectivity index (χ1v) is 8.78. The minimum atomic E-state index is -3.47. The number of hydrogen-bond acceptors (Lipinski definition) is 3. The third-order valence-electron chi connectivity index (χ3n) is 4.05. The summed E-state index contributed by atoms with van der Waals surface area (Å²) in [6.07, 6.45) is 4.27. The number of rotatable bonds is 5. The summed E-state index contributed by atoms with van der Waals surface area (Å²) in [4.78, 5) is 0.292. The number of aliphatic hydroxyl groups is 1. The topological polar surface area (TPSA) is 66.4 Å². The van der Waals surface area contributed by atoms with Crippen molar-refractivity contribution in [3.8, 4) is 0 Å². The summed E-state index contributed by atoms with van der Waals surface area (Å²) in [5.41, 5.74) is 1.12. The second-order valence-corrected chi connectivity index (χ2v) is 7.23. The van der Waals surface area contributed by atoms with Crippen LogP contribution in [0, 0.1) is 5.92 Å². The maximum Gasteiger partial charge on any atom is 0.240 e. The van der Waals surface area contributed by atoms with Gasteiger partial charge in [0, 0.05) is 6.54 Å². The molecule has 0 heterocycles. The van der Waals surface area contributed by atoms with Crippen molar-refractivity contribution in [2.75, 3.05) is 6.54 Å². The van der Waals surface area contributed by atoms with Gasteiger partial charge in [0.15, 0.2) is 0 Å². The van der Waals surface area contributed by atoms with Crippen LogP contribution in [0.5, 0.6) is 0 Å². The third-order valence-corrected chi connectivity index (χ3v) is 5.49. The predicted octanol–water partition coefficient (Wildman–Crippen LogP) is 2.08. The van der Waals surface area contributed by atoms with Gasteiger partial charge in [-0.05, 0) is 42.9 Å². The van der Waals surface area contributed by atoms with E-state index in [1.165, 1.54) is 0 Å². The Labute approximate surface area is 121 Å². The Morgan fingerprint density at radius 2 is 1.85 bits per heavy atom. The molecule has 2 N–H and O–H groups in total. The molecule has 0 saturated heterocycles. The van der Waals surface area contributed by atoms with Gasteiger partial charge < -0.3 is 5.11 Å². The van der Waals surface area contributed by atoms with Crippen molar-refractivity contribution < 1.29 is 13.5 Å². The van der Waals surface area contributed by atoms with Gasteiger partial charge in [-0.15, -0.1) is 0 Å². The van der Waals surface area contributed by atoms with Gasteiger partial charge in [-0.2, -0.15) is 0 Å². The number of aryl methyl sites for hydroxylation is 1. The Morgan fingerprint density at radius 3 is 2.45 bits per heavy atom. The Bertz CT molecular complexity index is 525. The zero-order valence-electron chi connectivity index (χ0n) is 11.9. The van der Waals surface area contributed by atoms with Crippen LogP contribution in [0.3, 0.4) is 0 Å². The van der Waals surface area contributed by atoms with E-state index in [0.29, 0.717) is 11.4 Å². The van der Waals surface area contributed by atoms with Gasteiger partial charge >= 0.3 is 0 Å². The van der Waals surface area contributed by atoms with E-state index in [0.717, 1.165) is 37.7 Å². The van der Waals surface area contributed by atoms with Gasteiger partial charge in [0.05, 0.1) is 11.0 Å². The lowest BCUT2D eigenvalue weighted by molar-refractivity contribution is 0.0724. The number of nitrogens with one attached hydrogen (secondary N) is 1. The minimum absolute atomic E-state index is 0.0356. The highest BCUT2D eigenvalue weighted by Crippen LogP contribution is 2.24. The molecule has 0 aromatic heterocycles. The molecular formula is C15H23NO3S. The van der Waals surface area contributed by atoms with Crippen molar-refractivity contribution in [2.24, 2.45) is 5.92 Å². The summed E-state index contributed by atoms with van der Waals surface area (Å²) in [5.74, 6) is 0.0356. The van der Waals surface area contributed by atoms with E-state index in [9.17, 15) is 13.5 Å². The second-order valence-electron chi connectivity index (χ2n) is 5.46. The van der Waals surface area contributed by atoms with E-state index in [4.69, 9.17) is 0 Å². The van der Waals surface area contributed by atoms with Gasteiger partial charge in [-0.25, -0.2) is 13.1 Å². The van der Waals surface area contributed by atoms with Crippen LogP contribution in [-0.4, -0.2) is 26.2 Å². The first kappa shape index (κ1) is 15.5. The van der Waals surface area contributed by atoms with Crippen LogP contribution >= 0.6 is 0 Å². The molecule has 20 heavy (non-hydrogen) atoms. The molecular weight excluding hydrogens is 274 g/mol. The minimum Gasteiger partial charge on any atom is -0.393 e. The van der Waals surface area contributed by atoms with Crippen molar-refractivity contribution in [3.05, 3.63) is 29.8 Å². The summed E-state index contributed by atoms with van der Waals surface area (Å²) in [6, 6.07) is 6.95. The summed E-state index contributed by atoms with van der Waals surface area (Å²) < 4.78 is 27.0. The summed E-state index contributed by atoms with van der Waals surface area (Å²) in [5, 5.41) is 9.87. The fourth-order valence-corrected chi connectivity index (χ4v) is 3.73. The molecule has 1 aliphatic carbocycles. The van der Waals surface area contributed by atoms with Gasteiger partial charge in [0.2, 0.25) is 10.0 Å². The second kappa shape index (κ2) is 6.70. The fourth-order valence-electron chi connectivity index (χ4n) is 2.63. The quantitative estimate of drug-likeness (QED) is 0.874. The first-order valence-electron chi connectivity index (χ1n) is 7.29. The lowest BCUT2D eigenvalue weighted by Crippen LogP contribution is -2.36. The molecule has 5 heteroatoms. The Hall–Kier alpha value is -0.910. The highest BCUT2D eigenvalue weighted by molar-refractivity contribution is 7.89. The molecule has 2 atom stereocenters. The van der Waals surface area contributed by atoms with E-state index in [1.807, 2.05) is 19.1 Å². The molecule has 1 aromatic carbocycles. The van der Waals surface area contributed by atoms with Crippen LogP contribution < -0.4 is 4.72 Å². The maximum atomic E-state index is 12.2. The van der Waals surface area contributed by atoms with E-state index < -0.39 is 10.0 Å². The largest absolute Gasteiger partial charge is 0.393 e. The molecule has 1 aromatic rings. The van der Waals surface area contributed by atoms with Crippen LogP contribution in [0.15, 0.2) is 29.2 Å². The molecule has 1 saturated carbocycles. The highest BCUT2D eigenvalue weighted by atomic mass is 32.2. The van der Waals surface area contributed by atoms with E-state index >= 15 is 0 Å². The van der Waals surface area contributed by atoms with Crippen molar-refractivity contribution in [2.45, 2.75) is 50.0 Å². The lowest BCUT2D eigenvalue weighted by atomic mass is 9.87. The van der Waals surface area contributed by atoms with Crippen molar-refractivity contribution in [1.82, 2.24) is 4.72 Å². The predicted molar refractivity (Wildman–Crippen MR) is 79.0 cm³/mol. The first-order chi connectivity index (χ1) is 9.53. The number of benzene rings is 1. The molecule has 0 amide bonds. The molecule has 0 bridgehead atoms. The fraction of sp³-hybridized carbons (Fsp3) is 0.600. The SMILES string of the molecule is CCc1ccc(S(=O)(=O)NCC2CCCCC2O)cc1. The highest BCUT2D eigenvalue weighted by Gasteiger charge is 2.25. The van der Waals surface area contributed by atoms with Crippen LogP contribution in [0.4, 0.5) is 0 Å². The van der Waals surface area contributed by atoms with Crippen molar-refractivity contribution >= 4 is 10.0 Å². The zero-order valence-corrected chi connectivity index (χ0v) is 12.7. The van der Waals surface area contributed by atoms with Crippen molar-refractivity contribution in [1.29, 1.82) is 0 Å². The zero-order chi connectivity index (χ0) is 14.6. The van der Waals surface area contributed by atoms with Crippen LogP contribution in [0.2, 0.25) is 0 Å². The average molecular weight is 297 g/mol. The molecule has 2 unspecified atom stereocenters. The summed E-state index contributed by atoms with van der Waals surface area (Å²) in [7, 11) is -3.47. The normalized spacial score (nSPS) is 23.7. The standard InChI is InChI=1S/C15H23NO3S/c1-2-12-7-9-14(10-8-12)20(18,19)16-11-13-5-3-4-6-15(13)17/h7-10,13,15-17H,2-6,11H2,1H3. The van der Waals surface area contributed by atoms with Gasteiger partial charge in [0.25, 0.3) is 0 Å². The molecule has 0 aliphatic heterocycles. The lowest BCUT2D eigenvalue weighted by Gasteiger charge is -2.27. The number of hydrogen-bond donors (Lipinski definition) is 2. The Morgan fingerprint density at radius 1 is 1.20 bits per heavy atom. The molecule has 1 aliphatic rings. The van der Waals surface area contributed by atoms with Crippen molar-refractivity contribution in [3.63, 3.8) is 0 Å². The van der Waals surface area contributed by atoms with E-state index in [2.05, 4.69) is 4.72 Å². The Kier molecular flexibility index (Phi) is 5.18. The third kappa shape index (κ3) is 3.81. The van der Waals surface area contributed by atoms with E-state index in [1.54, 1.807) is 12.1 Å². The number of aliphatic hydroxyl groups excluding tert-OH is 1. The molecule has 2 rings (SSSR count). The molecule has 1 fully saturated rings. The summed E-state index contributed by atoms with van der Waals surface area (Å²) in [6.45, 7) is 2.35. The van der Waals surface area contributed by atoms with E-state index in [-0.39, 0.29) is 12.0 Å². The Balaban J connectivity index is 1.99. The maximum absolute atomic E-state index is 12.2. The molecule has 0 spiro atoms. The van der Waals surface area contributed by atoms with Crippen LogP contribution in [-0.2, 0) is 16.4 Å². The van der Waals surface area contributed by atoms with Crippen LogP contribution in [0.1, 0.15) is 38.2 Å². The molecule has 4 nitrogen and oxygen atoms in total. The molecule has 112 valence electrons. The van der Waals surface area contributed by atoms with Gasteiger partial charge in [-0.1, -0.05) is 31.9 Å². The average Bonchev–Trinajstić information content (AvgIpc) is 2.46. The van der Waals surface area contributed by atoms with Gasteiger partial charge in [-0.3, -0.25) is 0 Å².